The molecule has 1 amide bonds. The number of amides is 1. The molecule has 34 heavy (non-hydrogen) atoms. The number of benzene rings is 3. The Labute approximate surface area is 195 Å². The highest BCUT2D eigenvalue weighted by molar-refractivity contribution is 6.51. The molecule has 0 radical (unpaired) electrons. The summed E-state index contributed by atoms with van der Waals surface area (Å²) in [6.45, 7) is 0.632. The molecule has 6 nitrogen and oxygen atoms in total. The summed E-state index contributed by atoms with van der Waals surface area (Å²) in [6, 6.07) is 16.6. The zero-order valence-corrected chi connectivity index (χ0v) is 18.5. The Morgan fingerprint density at radius 1 is 1.09 bits per heavy atom. The number of halogens is 1. The Hall–Kier alpha value is -4.13. The number of carbonyl (C=O) groups excluding carboxylic acids is 2. The average Bonchev–Trinajstić information content (AvgIpc) is 3.13. The number of rotatable bonds is 4. The van der Waals surface area contributed by atoms with E-state index in [9.17, 15) is 19.1 Å². The van der Waals surface area contributed by atoms with Crippen molar-refractivity contribution in [3.63, 3.8) is 0 Å². The van der Waals surface area contributed by atoms with E-state index >= 15 is 0 Å². The highest BCUT2D eigenvalue weighted by atomic mass is 19.1. The van der Waals surface area contributed by atoms with Gasteiger partial charge in [-0.15, -0.1) is 0 Å². The lowest BCUT2D eigenvalue weighted by atomic mass is 9.93. The van der Waals surface area contributed by atoms with Gasteiger partial charge in [-0.25, -0.2) is 4.39 Å². The molecule has 0 bridgehead atoms. The SMILES string of the molecule is COc1cccc(C2/C(=C(/O)c3ccc4c(c3)CCCO4)C(=O)C(=O)N2c2cccc(F)c2)c1. The van der Waals surface area contributed by atoms with Crippen LogP contribution in [-0.4, -0.2) is 30.5 Å². The lowest BCUT2D eigenvalue weighted by molar-refractivity contribution is -0.132. The van der Waals surface area contributed by atoms with E-state index in [1.807, 2.05) is 0 Å². The lowest BCUT2D eigenvalue weighted by Gasteiger charge is -2.26. The molecule has 0 aliphatic carbocycles. The smallest absolute Gasteiger partial charge is 0.300 e. The van der Waals surface area contributed by atoms with Crippen molar-refractivity contribution in [2.24, 2.45) is 0 Å². The number of hydrogen-bond donors (Lipinski definition) is 1. The van der Waals surface area contributed by atoms with Crippen molar-refractivity contribution in [1.82, 2.24) is 0 Å². The maximum absolute atomic E-state index is 14.1. The van der Waals surface area contributed by atoms with Gasteiger partial charge in [-0.1, -0.05) is 18.2 Å². The Bertz CT molecular complexity index is 1330. The van der Waals surface area contributed by atoms with Crippen LogP contribution in [0.1, 0.15) is 29.2 Å². The van der Waals surface area contributed by atoms with Crippen LogP contribution in [-0.2, 0) is 16.0 Å². The summed E-state index contributed by atoms with van der Waals surface area (Å²) in [5.74, 6) is -1.26. The molecule has 2 aliphatic heterocycles. The molecule has 1 fully saturated rings. The number of methoxy groups -OCH3 is 1. The van der Waals surface area contributed by atoms with Gasteiger partial charge in [0.05, 0.1) is 25.3 Å². The first-order chi connectivity index (χ1) is 16.5. The predicted molar refractivity (Wildman–Crippen MR) is 124 cm³/mol. The van der Waals surface area contributed by atoms with Crippen molar-refractivity contribution in [2.75, 3.05) is 18.6 Å². The standard InChI is InChI=1S/C27H22FNO5/c1-33-21-9-2-5-17(14-21)24-23(25(30)18-10-11-22-16(13-18)6-4-12-34-22)26(31)27(32)29(24)20-8-3-7-19(28)15-20/h2-3,5,7-11,13-15,24,30H,4,6,12H2,1H3/b25-23-. The van der Waals surface area contributed by atoms with Crippen LogP contribution < -0.4 is 14.4 Å². The molecule has 1 N–H and O–H groups in total. The van der Waals surface area contributed by atoms with E-state index in [4.69, 9.17) is 9.47 Å². The number of Topliss-reactive ketones (excluding diaryl/α,β-unsaturated/α-hetero) is 1. The molecule has 2 heterocycles. The van der Waals surface area contributed by atoms with Crippen LogP contribution in [0.3, 0.4) is 0 Å². The largest absolute Gasteiger partial charge is 0.507 e. The van der Waals surface area contributed by atoms with Crippen LogP contribution >= 0.6 is 0 Å². The van der Waals surface area contributed by atoms with Gasteiger partial charge in [-0.05, 0) is 72.5 Å². The molecule has 172 valence electrons. The van der Waals surface area contributed by atoms with E-state index in [1.54, 1.807) is 48.5 Å². The number of aryl methyl sites for hydroxylation is 1. The minimum absolute atomic E-state index is 0.0702. The molecule has 1 saturated heterocycles. The second-order valence-electron chi connectivity index (χ2n) is 8.20. The summed E-state index contributed by atoms with van der Waals surface area (Å²) in [7, 11) is 1.51. The first kappa shape index (κ1) is 21.7. The zero-order valence-electron chi connectivity index (χ0n) is 18.5. The van der Waals surface area contributed by atoms with Crippen LogP contribution in [0.25, 0.3) is 5.76 Å². The molecule has 0 saturated carbocycles. The fourth-order valence-corrected chi connectivity index (χ4v) is 4.51. The van der Waals surface area contributed by atoms with Gasteiger partial charge in [-0.3, -0.25) is 14.5 Å². The van der Waals surface area contributed by atoms with Crippen molar-refractivity contribution in [3.8, 4) is 11.5 Å². The zero-order chi connectivity index (χ0) is 23.8. The average molecular weight is 459 g/mol. The van der Waals surface area contributed by atoms with Gasteiger partial charge in [-0.2, -0.15) is 0 Å². The molecule has 0 spiro atoms. The number of hydrogen-bond acceptors (Lipinski definition) is 5. The van der Waals surface area contributed by atoms with Gasteiger partial charge in [0, 0.05) is 11.3 Å². The number of ether oxygens (including phenoxy) is 2. The summed E-state index contributed by atoms with van der Waals surface area (Å²) in [4.78, 5) is 27.7. The van der Waals surface area contributed by atoms with E-state index in [0.29, 0.717) is 23.5 Å². The van der Waals surface area contributed by atoms with E-state index < -0.39 is 23.5 Å². The number of nitrogens with zero attached hydrogens (tertiary/aromatic N) is 1. The quantitative estimate of drug-likeness (QED) is 0.345. The minimum atomic E-state index is -0.968. The monoisotopic (exact) mass is 459 g/mol. The number of aliphatic hydroxyl groups is 1. The van der Waals surface area contributed by atoms with Gasteiger partial charge in [0.15, 0.2) is 0 Å². The van der Waals surface area contributed by atoms with Crippen molar-refractivity contribution in [1.29, 1.82) is 0 Å². The summed E-state index contributed by atoms with van der Waals surface area (Å²) in [6.07, 6.45) is 1.64. The first-order valence-electron chi connectivity index (χ1n) is 10.9. The molecule has 7 heteroatoms. The second kappa shape index (κ2) is 8.67. The third-order valence-electron chi connectivity index (χ3n) is 6.12. The number of aliphatic hydroxyl groups excluding tert-OH is 1. The number of anilines is 1. The van der Waals surface area contributed by atoms with Crippen LogP contribution in [0.4, 0.5) is 10.1 Å². The van der Waals surface area contributed by atoms with E-state index in [0.717, 1.165) is 24.2 Å². The molecular formula is C27H22FNO5. The van der Waals surface area contributed by atoms with Gasteiger partial charge < -0.3 is 14.6 Å². The summed E-state index contributed by atoms with van der Waals surface area (Å²) in [5.41, 5.74) is 2.03. The topological polar surface area (TPSA) is 76.1 Å². The van der Waals surface area contributed by atoms with Crippen molar-refractivity contribution in [3.05, 3.63) is 94.8 Å². The van der Waals surface area contributed by atoms with Crippen molar-refractivity contribution in [2.45, 2.75) is 18.9 Å². The number of carbonyl (C=O) groups is 2. The maximum atomic E-state index is 14.1. The van der Waals surface area contributed by atoms with Crippen molar-refractivity contribution < 1.29 is 28.6 Å². The minimum Gasteiger partial charge on any atom is -0.507 e. The number of fused-ring (bicyclic) bond motifs is 1. The fraction of sp³-hybridized carbons (Fsp3) is 0.185. The molecule has 0 aromatic heterocycles. The molecule has 1 atom stereocenters. The van der Waals surface area contributed by atoms with E-state index in [1.165, 1.54) is 30.2 Å². The number of ketones is 1. The Kier molecular flexibility index (Phi) is 5.53. The predicted octanol–water partition coefficient (Wildman–Crippen LogP) is 4.79. The third kappa shape index (κ3) is 3.69. The highest BCUT2D eigenvalue weighted by Crippen LogP contribution is 2.43. The molecule has 5 rings (SSSR count). The Balaban J connectivity index is 1.71. The third-order valence-corrected chi connectivity index (χ3v) is 6.12. The van der Waals surface area contributed by atoms with Crippen LogP contribution in [0.2, 0.25) is 0 Å². The van der Waals surface area contributed by atoms with Crippen LogP contribution in [0, 0.1) is 5.82 Å². The van der Waals surface area contributed by atoms with Gasteiger partial charge in [0.25, 0.3) is 11.7 Å². The summed E-state index contributed by atoms with van der Waals surface area (Å²) in [5, 5.41) is 11.3. The lowest BCUT2D eigenvalue weighted by Crippen LogP contribution is -2.29. The Morgan fingerprint density at radius 2 is 1.91 bits per heavy atom. The Morgan fingerprint density at radius 3 is 2.71 bits per heavy atom. The van der Waals surface area contributed by atoms with Crippen LogP contribution in [0.5, 0.6) is 11.5 Å². The van der Waals surface area contributed by atoms with E-state index in [-0.39, 0.29) is 17.0 Å². The maximum Gasteiger partial charge on any atom is 0.300 e. The van der Waals surface area contributed by atoms with Gasteiger partial charge >= 0.3 is 0 Å². The van der Waals surface area contributed by atoms with Gasteiger partial charge in [0.2, 0.25) is 0 Å². The molecule has 1 unspecified atom stereocenters. The molecule has 3 aromatic carbocycles. The molecule has 2 aliphatic rings. The van der Waals surface area contributed by atoms with E-state index in [2.05, 4.69) is 0 Å². The molecule has 3 aromatic rings. The van der Waals surface area contributed by atoms with Crippen molar-refractivity contribution >= 4 is 23.1 Å². The summed E-state index contributed by atoms with van der Waals surface area (Å²) < 4.78 is 25.0. The summed E-state index contributed by atoms with van der Waals surface area (Å²) >= 11 is 0. The van der Waals surface area contributed by atoms with Gasteiger partial charge in [0.1, 0.15) is 23.1 Å². The molecular weight excluding hydrogens is 437 g/mol. The normalized spacial score (nSPS) is 19.0. The van der Waals surface area contributed by atoms with Crippen LogP contribution in [0.15, 0.2) is 72.3 Å². The highest BCUT2D eigenvalue weighted by Gasteiger charge is 2.47. The second-order valence-corrected chi connectivity index (χ2v) is 8.20. The fourth-order valence-electron chi connectivity index (χ4n) is 4.51. The first-order valence-corrected chi connectivity index (χ1v) is 10.9.